The fraction of sp³-hybridized carbons (Fsp3) is 0.217. The molecule has 1 aromatic heterocycles. The van der Waals surface area contributed by atoms with Crippen molar-refractivity contribution in [3.63, 3.8) is 0 Å². The Morgan fingerprint density at radius 3 is 3.00 bits per heavy atom. The van der Waals surface area contributed by atoms with Gasteiger partial charge in [0.05, 0.1) is 18.0 Å². The van der Waals surface area contributed by atoms with Gasteiger partial charge in [-0.25, -0.2) is 4.98 Å². The number of aliphatic imine (C=N–C) groups is 1. The summed E-state index contributed by atoms with van der Waals surface area (Å²) in [6.07, 6.45) is 12.4. The van der Waals surface area contributed by atoms with Crippen LogP contribution in [0.25, 0.3) is 11.3 Å². The summed E-state index contributed by atoms with van der Waals surface area (Å²) in [6, 6.07) is 6.25. The molecule has 2 aromatic rings. The molecule has 6 nitrogen and oxygen atoms in total. The molecule has 0 unspecified atom stereocenters. The van der Waals surface area contributed by atoms with Crippen LogP contribution < -0.4 is 0 Å². The third-order valence-electron chi connectivity index (χ3n) is 5.35. The highest BCUT2D eigenvalue weighted by molar-refractivity contribution is 6.06. The average Bonchev–Trinajstić information content (AvgIpc) is 3.40. The second kappa shape index (κ2) is 7.17. The Kier molecular flexibility index (Phi) is 4.35. The number of allylic oxidation sites excluding steroid dienone is 4. The second-order valence-corrected chi connectivity index (χ2v) is 7.12. The molecule has 0 atom stereocenters. The molecule has 5 rings (SSSR count). The summed E-state index contributed by atoms with van der Waals surface area (Å²) in [6.45, 7) is 1.21. The molecule has 0 N–H and O–H groups in total. The summed E-state index contributed by atoms with van der Waals surface area (Å²) in [4.78, 5) is 23.5. The second-order valence-electron chi connectivity index (χ2n) is 7.12. The van der Waals surface area contributed by atoms with Crippen molar-refractivity contribution in [2.75, 3.05) is 20.2 Å². The van der Waals surface area contributed by atoms with Crippen LogP contribution in [0.5, 0.6) is 0 Å². The molecule has 1 aromatic carbocycles. The van der Waals surface area contributed by atoms with E-state index in [0.29, 0.717) is 19.0 Å². The minimum Gasteiger partial charge on any atom is -0.378 e. The summed E-state index contributed by atoms with van der Waals surface area (Å²) < 4.78 is 7.00. The summed E-state index contributed by atoms with van der Waals surface area (Å²) in [5, 5.41) is 0. The third kappa shape index (κ3) is 3.09. The molecular weight excluding hydrogens is 364 g/mol. The highest BCUT2D eigenvalue weighted by atomic mass is 16.5. The minimum atomic E-state index is 0.0133. The fourth-order valence-corrected chi connectivity index (χ4v) is 4.02. The van der Waals surface area contributed by atoms with Gasteiger partial charge in [-0.1, -0.05) is 24.3 Å². The first-order valence-corrected chi connectivity index (χ1v) is 9.59. The maximum Gasteiger partial charge on any atom is 0.248 e. The molecular formula is C23H20N4O2. The molecule has 2 aliphatic heterocycles. The van der Waals surface area contributed by atoms with Crippen molar-refractivity contribution < 1.29 is 9.53 Å². The highest BCUT2D eigenvalue weighted by Crippen LogP contribution is 2.35. The van der Waals surface area contributed by atoms with Crippen LogP contribution in [-0.4, -0.2) is 46.4 Å². The third-order valence-corrected chi connectivity index (χ3v) is 5.35. The number of hydrogen-bond acceptors (Lipinski definition) is 4. The predicted octanol–water partition coefficient (Wildman–Crippen LogP) is 2.82. The zero-order chi connectivity index (χ0) is 19.8. The van der Waals surface area contributed by atoms with E-state index in [4.69, 9.17) is 4.74 Å². The van der Waals surface area contributed by atoms with Gasteiger partial charge in [-0.05, 0) is 29.7 Å². The number of rotatable bonds is 3. The molecule has 6 heteroatoms. The molecule has 0 saturated heterocycles. The quantitative estimate of drug-likeness (QED) is 0.765. The van der Waals surface area contributed by atoms with Crippen LogP contribution in [0.3, 0.4) is 0 Å². The summed E-state index contributed by atoms with van der Waals surface area (Å²) in [5.41, 5.74) is 9.59. The lowest BCUT2D eigenvalue weighted by Gasteiger charge is -2.31. The Balaban J connectivity index is 1.61. The Morgan fingerprint density at radius 2 is 2.17 bits per heavy atom. The number of carbonyl (C=O) groups excluding carboxylic acids is 1. The number of methoxy groups -OCH3 is 1. The van der Waals surface area contributed by atoms with Crippen LogP contribution in [0.1, 0.15) is 22.4 Å². The molecule has 0 bridgehead atoms. The molecule has 3 heterocycles. The van der Waals surface area contributed by atoms with Gasteiger partial charge in [0.25, 0.3) is 0 Å². The molecule has 0 radical (unpaired) electrons. The van der Waals surface area contributed by atoms with E-state index in [1.54, 1.807) is 13.4 Å². The number of imidazole rings is 1. The number of ether oxygens (including phenoxy) is 1. The molecule has 0 saturated carbocycles. The van der Waals surface area contributed by atoms with Gasteiger partial charge in [-0.2, -0.15) is 0 Å². The zero-order valence-corrected chi connectivity index (χ0v) is 16.1. The van der Waals surface area contributed by atoms with E-state index in [1.807, 2.05) is 40.0 Å². The molecule has 1 amide bonds. The van der Waals surface area contributed by atoms with E-state index in [9.17, 15) is 4.79 Å². The SMILES string of the molecule is COCc1cn(C2=NCC(=O)N3CCc4c(C5=C=CC=C5)cccc4C3=C2)cn1. The number of carbonyl (C=O) groups is 1. The van der Waals surface area contributed by atoms with Crippen molar-refractivity contribution in [1.82, 2.24) is 14.5 Å². The van der Waals surface area contributed by atoms with E-state index >= 15 is 0 Å². The van der Waals surface area contributed by atoms with Gasteiger partial charge in [0, 0.05) is 37.1 Å². The maximum absolute atomic E-state index is 12.8. The van der Waals surface area contributed by atoms with Gasteiger partial charge in [-0.15, -0.1) is 5.73 Å². The van der Waals surface area contributed by atoms with Crippen LogP contribution in [-0.2, 0) is 22.6 Å². The maximum atomic E-state index is 12.8. The minimum absolute atomic E-state index is 0.0133. The van der Waals surface area contributed by atoms with Crippen LogP contribution in [0.4, 0.5) is 0 Å². The predicted molar refractivity (Wildman–Crippen MR) is 111 cm³/mol. The molecule has 1 aliphatic carbocycles. The molecule has 144 valence electrons. The van der Waals surface area contributed by atoms with Gasteiger partial charge >= 0.3 is 0 Å². The lowest BCUT2D eigenvalue weighted by atomic mass is 9.89. The molecule has 0 spiro atoms. The first-order chi connectivity index (χ1) is 14.2. The zero-order valence-electron chi connectivity index (χ0n) is 16.1. The van der Waals surface area contributed by atoms with Crippen LogP contribution in [0.2, 0.25) is 0 Å². The highest BCUT2D eigenvalue weighted by Gasteiger charge is 2.29. The number of hydrogen-bond donors (Lipinski definition) is 0. The number of amides is 1. The lowest BCUT2D eigenvalue weighted by molar-refractivity contribution is -0.126. The van der Waals surface area contributed by atoms with E-state index in [1.165, 1.54) is 11.1 Å². The van der Waals surface area contributed by atoms with Crippen molar-refractivity contribution in [2.45, 2.75) is 13.0 Å². The number of fused-ring (bicyclic) bond motifs is 3. The Labute approximate surface area is 168 Å². The number of aromatic nitrogens is 2. The van der Waals surface area contributed by atoms with E-state index < -0.39 is 0 Å². The first kappa shape index (κ1) is 17.6. The molecule has 29 heavy (non-hydrogen) atoms. The summed E-state index contributed by atoms with van der Waals surface area (Å²) in [5.74, 6) is 0.711. The van der Waals surface area contributed by atoms with Gasteiger partial charge in [0.15, 0.2) is 0 Å². The van der Waals surface area contributed by atoms with Gasteiger partial charge in [-0.3, -0.25) is 14.4 Å². The fourth-order valence-electron chi connectivity index (χ4n) is 4.02. The van der Waals surface area contributed by atoms with E-state index in [0.717, 1.165) is 28.9 Å². The van der Waals surface area contributed by atoms with Crippen LogP contribution >= 0.6 is 0 Å². The first-order valence-electron chi connectivity index (χ1n) is 9.59. The summed E-state index contributed by atoms with van der Waals surface area (Å²) >= 11 is 0. The normalized spacial score (nSPS) is 17.5. The van der Waals surface area contributed by atoms with Gasteiger partial charge in [0.1, 0.15) is 18.7 Å². The van der Waals surface area contributed by atoms with Crippen LogP contribution in [0, 0.1) is 0 Å². The summed E-state index contributed by atoms with van der Waals surface area (Å²) in [7, 11) is 1.64. The standard InChI is InChI=1S/C23H20N4O2/c1-29-14-17-13-26(15-25-17)22-11-21-20-8-4-7-18(16-5-2-3-6-16)19(20)9-10-27(21)23(28)12-24-22/h2-5,7-8,11,13,15H,9-10,12,14H2,1H3. The van der Waals surface area contributed by atoms with Crippen molar-refractivity contribution in [3.05, 3.63) is 83.1 Å². The van der Waals surface area contributed by atoms with Crippen molar-refractivity contribution in [3.8, 4) is 0 Å². The topological polar surface area (TPSA) is 59.7 Å². The monoisotopic (exact) mass is 384 g/mol. The number of nitrogens with zero attached hydrogens (tertiary/aromatic N) is 4. The average molecular weight is 384 g/mol. The van der Waals surface area contributed by atoms with Gasteiger partial charge in [0.2, 0.25) is 5.91 Å². The largest absolute Gasteiger partial charge is 0.378 e. The Hall–Kier alpha value is -3.47. The van der Waals surface area contributed by atoms with Crippen LogP contribution in [0.15, 0.2) is 65.8 Å². The lowest BCUT2D eigenvalue weighted by Crippen LogP contribution is -2.36. The van der Waals surface area contributed by atoms with Crippen molar-refractivity contribution >= 4 is 23.0 Å². The van der Waals surface area contributed by atoms with E-state index in [-0.39, 0.29) is 12.5 Å². The Morgan fingerprint density at radius 1 is 1.28 bits per heavy atom. The molecule has 0 fully saturated rings. The smallest absolute Gasteiger partial charge is 0.248 e. The van der Waals surface area contributed by atoms with Crippen molar-refractivity contribution in [2.24, 2.45) is 4.99 Å². The van der Waals surface area contributed by atoms with Crippen molar-refractivity contribution in [1.29, 1.82) is 0 Å². The molecule has 3 aliphatic rings. The van der Waals surface area contributed by atoms with Gasteiger partial charge < -0.3 is 9.64 Å². The Bertz CT molecular complexity index is 1160. The van der Waals surface area contributed by atoms with E-state index in [2.05, 4.69) is 33.9 Å². The number of benzene rings is 1.